The van der Waals surface area contributed by atoms with E-state index in [9.17, 15) is 19.0 Å². The number of alkyl halides is 1. The topological polar surface area (TPSA) is 82.0 Å². The zero-order valence-electron chi connectivity index (χ0n) is 24.6. The second kappa shape index (κ2) is 10.5. The number of hydrogen-bond donors (Lipinski definition) is 2. The van der Waals surface area contributed by atoms with E-state index in [1.165, 1.54) is 24.3 Å². The largest absolute Gasteiger partial charge is 0.508 e. The molecule has 0 radical (unpaired) electrons. The molecule has 3 aliphatic heterocycles. The molecule has 4 aliphatic rings. The standard InChI is InChI=1S/C35H33F3N4O3/c1-2-24-28(37)9-6-19-12-23(43)13-27(29(19)24)25-7-8-26-31(30(25)38)39-34(45-18-35-10-3-11-42(35)17-22(36)14-35)40-33(26)41-15-20-4-5-21(16-41)32(20)44/h1,6-9,12-13,20-22,32,43-44H,3-5,10-11,14-18H2/t20-,21+,22-,32?,35+/m1/s1. The Kier molecular flexibility index (Phi) is 6.63. The van der Waals surface area contributed by atoms with E-state index in [0.29, 0.717) is 48.0 Å². The van der Waals surface area contributed by atoms with E-state index in [0.717, 1.165) is 32.2 Å². The summed E-state index contributed by atoms with van der Waals surface area (Å²) in [4.78, 5) is 13.6. The third-order valence-electron chi connectivity index (χ3n) is 10.6. The number of fused-ring (bicyclic) bond motifs is 5. The molecular weight excluding hydrogens is 581 g/mol. The monoisotopic (exact) mass is 614 g/mol. The number of aromatic nitrogens is 2. The van der Waals surface area contributed by atoms with Crippen molar-refractivity contribution in [2.24, 2.45) is 11.8 Å². The van der Waals surface area contributed by atoms with Crippen molar-refractivity contribution >= 4 is 27.5 Å². The molecule has 4 fully saturated rings. The second-order valence-electron chi connectivity index (χ2n) is 13.2. The highest BCUT2D eigenvalue weighted by Gasteiger charge is 2.49. The Hall–Kier alpha value is -4.07. The first-order valence-electron chi connectivity index (χ1n) is 15.6. The Labute approximate surface area is 258 Å². The van der Waals surface area contributed by atoms with Crippen LogP contribution in [0.2, 0.25) is 0 Å². The highest BCUT2D eigenvalue weighted by Crippen LogP contribution is 2.44. The van der Waals surface area contributed by atoms with Gasteiger partial charge in [-0.05, 0) is 67.4 Å². The first kappa shape index (κ1) is 28.4. The number of aliphatic hydroxyl groups is 1. The number of rotatable bonds is 5. The van der Waals surface area contributed by atoms with Gasteiger partial charge in [0.2, 0.25) is 0 Å². The maximum Gasteiger partial charge on any atom is 0.319 e. The Morgan fingerprint density at radius 3 is 2.62 bits per heavy atom. The Balaban J connectivity index is 1.28. The van der Waals surface area contributed by atoms with E-state index < -0.39 is 23.3 Å². The van der Waals surface area contributed by atoms with Gasteiger partial charge in [0, 0.05) is 54.2 Å². The number of halogens is 3. The van der Waals surface area contributed by atoms with Gasteiger partial charge in [-0.2, -0.15) is 9.97 Å². The van der Waals surface area contributed by atoms with Gasteiger partial charge in [-0.1, -0.05) is 18.1 Å². The molecule has 3 saturated heterocycles. The van der Waals surface area contributed by atoms with Gasteiger partial charge >= 0.3 is 6.01 Å². The summed E-state index contributed by atoms with van der Waals surface area (Å²) in [5, 5.41) is 22.5. The summed E-state index contributed by atoms with van der Waals surface area (Å²) in [6, 6.07) is 8.85. The van der Waals surface area contributed by atoms with Crippen molar-refractivity contribution in [3.05, 3.63) is 53.6 Å². The van der Waals surface area contributed by atoms with Gasteiger partial charge in [0.15, 0.2) is 5.82 Å². The molecule has 3 aromatic carbocycles. The number of terminal acetylenes is 1. The van der Waals surface area contributed by atoms with Gasteiger partial charge in [0.1, 0.15) is 35.7 Å². The number of anilines is 1. The average molecular weight is 615 g/mol. The average Bonchev–Trinajstić information content (AvgIpc) is 3.60. The Bertz CT molecular complexity index is 1880. The predicted octanol–water partition coefficient (Wildman–Crippen LogP) is 5.58. The van der Waals surface area contributed by atoms with E-state index in [2.05, 4.69) is 20.7 Å². The predicted molar refractivity (Wildman–Crippen MR) is 165 cm³/mol. The van der Waals surface area contributed by atoms with Crippen LogP contribution in [0.25, 0.3) is 32.8 Å². The molecule has 5 atom stereocenters. The van der Waals surface area contributed by atoms with Crippen molar-refractivity contribution in [3.8, 4) is 35.2 Å². The van der Waals surface area contributed by atoms with Crippen LogP contribution < -0.4 is 9.64 Å². The molecule has 7 nitrogen and oxygen atoms in total. The first-order chi connectivity index (χ1) is 21.7. The Morgan fingerprint density at radius 2 is 1.84 bits per heavy atom. The number of piperidine rings is 1. The van der Waals surface area contributed by atoms with Crippen molar-refractivity contribution in [3.63, 3.8) is 0 Å². The molecule has 1 saturated carbocycles. The van der Waals surface area contributed by atoms with Crippen molar-refractivity contribution in [2.45, 2.75) is 49.9 Å². The number of ether oxygens (including phenoxy) is 1. The lowest BCUT2D eigenvalue weighted by Crippen LogP contribution is -2.45. The van der Waals surface area contributed by atoms with E-state index in [-0.39, 0.29) is 58.5 Å². The first-order valence-corrected chi connectivity index (χ1v) is 15.6. The van der Waals surface area contributed by atoms with E-state index in [4.69, 9.17) is 16.1 Å². The fraction of sp³-hybridized carbons (Fsp3) is 0.429. The van der Waals surface area contributed by atoms with Crippen LogP contribution >= 0.6 is 0 Å². The molecule has 8 rings (SSSR count). The highest BCUT2D eigenvalue weighted by molar-refractivity contribution is 6.04. The van der Waals surface area contributed by atoms with Crippen molar-refractivity contribution < 1.29 is 28.1 Å². The molecule has 0 amide bonds. The highest BCUT2D eigenvalue weighted by atomic mass is 19.1. The van der Waals surface area contributed by atoms with Gasteiger partial charge in [-0.3, -0.25) is 4.90 Å². The summed E-state index contributed by atoms with van der Waals surface area (Å²) in [5.41, 5.74) is -0.134. The number of hydrogen-bond acceptors (Lipinski definition) is 7. The number of phenols is 1. The smallest absolute Gasteiger partial charge is 0.319 e. The van der Waals surface area contributed by atoms with Crippen molar-refractivity contribution in [1.82, 2.24) is 14.9 Å². The SMILES string of the molecule is C#Cc1c(F)ccc2cc(O)cc(-c3ccc4c(N5C[C@H]6CC[C@@H](C5)C6O)nc(OC[C@@]56CCCN5C[C@H](F)C6)nc4c3F)c12. The van der Waals surface area contributed by atoms with E-state index in [1.54, 1.807) is 12.1 Å². The number of aliphatic hydroxyl groups excluding tert-OH is 1. The third-order valence-corrected chi connectivity index (χ3v) is 10.6. The molecule has 2 bridgehead atoms. The summed E-state index contributed by atoms with van der Waals surface area (Å²) in [5.74, 6) is 1.64. The lowest BCUT2D eigenvalue weighted by molar-refractivity contribution is 0.0790. The molecule has 2 N–H and O–H groups in total. The van der Waals surface area contributed by atoms with Gasteiger partial charge in [0.25, 0.3) is 0 Å². The number of aromatic hydroxyl groups is 1. The minimum atomic E-state index is -0.924. The van der Waals surface area contributed by atoms with Gasteiger partial charge in [0.05, 0.1) is 17.2 Å². The van der Waals surface area contributed by atoms with Gasteiger partial charge in [-0.15, -0.1) is 6.42 Å². The second-order valence-corrected chi connectivity index (χ2v) is 13.2. The van der Waals surface area contributed by atoms with Crippen LogP contribution in [-0.4, -0.2) is 75.7 Å². The molecule has 45 heavy (non-hydrogen) atoms. The Morgan fingerprint density at radius 1 is 1.04 bits per heavy atom. The summed E-state index contributed by atoms with van der Waals surface area (Å²) >= 11 is 0. The maximum absolute atomic E-state index is 16.8. The number of nitrogens with zero attached hydrogens (tertiary/aromatic N) is 4. The summed E-state index contributed by atoms with van der Waals surface area (Å²) < 4.78 is 52.3. The summed E-state index contributed by atoms with van der Waals surface area (Å²) in [6.45, 7) is 2.50. The molecular formula is C35H33F3N4O3. The van der Waals surface area contributed by atoms with E-state index >= 15 is 4.39 Å². The van der Waals surface area contributed by atoms with Crippen LogP contribution in [-0.2, 0) is 0 Å². The summed E-state index contributed by atoms with van der Waals surface area (Å²) in [6.07, 6.45) is 8.34. The molecule has 1 aliphatic carbocycles. The zero-order valence-corrected chi connectivity index (χ0v) is 24.6. The number of benzene rings is 3. The molecule has 4 heterocycles. The van der Waals surface area contributed by atoms with Crippen molar-refractivity contribution in [2.75, 3.05) is 37.7 Å². The van der Waals surface area contributed by atoms with Crippen LogP contribution in [0, 0.1) is 35.8 Å². The quantitative estimate of drug-likeness (QED) is 0.284. The van der Waals surface area contributed by atoms with Crippen LogP contribution in [0.5, 0.6) is 11.8 Å². The van der Waals surface area contributed by atoms with Gasteiger partial charge in [-0.25, -0.2) is 13.2 Å². The third kappa shape index (κ3) is 4.50. The van der Waals surface area contributed by atoms with Crippen molar-refractivity contribution in [1.29, 1.82) is 0 Å². The molecule has 4 aromatic rings. The number of phenolic OH excluding ortho intramolecular Hbond substituents is 1. The lowest BCUT2D eigenvalue weighted by atomic mass is 9.92. The molecule has 232 valence electrons. The molecule has 0 spiro atoms. The van der Waals surface area contributed by atoms with Gasteiger partial charge < -0.3 is 19.8 Å². The molecule has 10 heteroatoms. The molecule has 1 unspecified atom stereocenters. The normalized spacial score (nSPS) is 27.8. The van der Waals surface area contributed by atoms with Crippen LogP contribution in [0.15, 0.2) is 36.4 Å². The zero-order chi connectivity index (χ0) is 31.0. The fourth-order valence-electron chi connectivity index (χ4n) is 8.43. The van der Waals surface area contributed by atoms with Crippen LogP contribution in [0.4, 0.5) is 19.0 Å². The van der Waals surface area contributed by atoms with E-state index in [1.807, 2.05) is 0 Å². The summed E-state index contributed by atoms with van der Waals surface area (Å²) in [7, 11) is 0. The molecule has 1 aromatic heterocycles. The maximum atomic E-state index is 16.8. The fourth-order valence-corrected chi connectivity index (χ4v) is 8.43. The minimum absolute atomic E-state index is 0.00771. The lowest BCUT2D eigenvalue weighted by Gasteiger charge is -2.36. The van der Waals surface area contributed by atoms with Crippen LogP contribution in [0.1, 0.15) is 37.7 Å². The minimum Gasteiger partial charge on any atom is -0.508 e. The van der Waals surface area contributed by atoms with Crippen LogP contribution in [0.3, 0.4) is 0 Å².